The van der Waals surface area contributed by atoms with Gasteiger partial charge in [0.2, 0.25) is 10.0 Å². The van der Waals surface area contributed by atoms with E-state index in [0.717, 1.165) is 38.6 Å². The first-order valence-electron chi connectivity index (χ1n) is 6.61. The van der Waals surface area contributed by atoms with Crippen molar-refractivity contribution in [3.05, 3.63) is 0 Å². The SMILES string of the molecule is CC1(C)CCC(NS(=O)(=O)C2CCNC2)CC1. The quantitative estimate of drug-likeness (QED) is 0.802. The van der Waals surface area contributed by atoms with Crippen LogP contribution in [0, 0.1) is 5.41 Å². The van der Waals surface area contributed by atoms with Gasteiger partial charge in [0.25, 0.3) is 0 Å². The molecule has 0 spiro atoms. The number of hydrogen-bond donors (Lipinski definition) is 2. The lowest BCUT2D eigenvalue weighted by molar-refractivity contribution is 0.218. The van der Waals surface area contributed by atoms with Crippen molar-refractivity contribution in [1.29, 1.82) is 0 Å². The Labute approximate surface area is 105 Å². The van der Waals surface area contributed by atoms with Crippen molar-refractivity contribution in [2.45, 2.75) is 57.2 Å². The highest BCUT2D eigenvalue weighted by atomic mass is 32.2. The summed E-state index contributed by atoms with van der Waals surface area (Å²) in [6.45, 7) is 5.95. The molecule has 2 aliphatic rings. The van der Waals surface area contributed by atoms with Crippen molar-refractivity contribution in [2.24, 2.45) is 5.41 Å². The van der Waals surface area contributed by atoms with Crippen molar-refractivity contribution >= 4 is 10.0 Å². The monoisotopic (exact) mass is 260 g/mol. The van der Waals surface area contributed by atoms with Crippen LogP contribution in [-0.2, 0) is 10.0 Å². The largest absolute Gasteiger partial charge is 0.315 e. The molecule has 2 rings (SSSR count). The predicted molar refractivity (Wildman–Crippen MR) is 69.4 cm³/mol. The highest BCUT2D eigenvalue weighted by Gasteiger charge is 2.33. The molecular formula is C12H24N2O2S. The Morgan fingerprint density at radius 2 is 1.82 bits per heavy atom. The van der Waals surface area contributed by atoms with Crippen LogP contribution in [0.3, 0.4) is 0 Å². The Morgan fingerprint density at radius 3 is 2.35 bits per heavy atom. The number of sulfonamides is 1. The Morgan fingerprint density at radius 1 is 1.18 bits per heavy atom. The Kier molecular flexibility index (Phi) is 3.80. The van der Waals surface area contributed by atoms with E-state index in [0.29, 0.717) is 12.0 Å². The first-order chi connectivity index (χ1) is 7.89. The topological polar surface area (TPSA) is 58.2 Å². The third-order valence-corrected chi connectivity index (χ3v) is 6.07. The minimum atomic E-state index is -3.11. The molecule has 2 fully saturated rings. The molecule has 4 nitrogen and oxygen atoms in total. The van der Waals surface area contributed by atoms with Gasteiger partial charge in [-0.25, -0.2) is 13.1 Å². The maximum Gasteiger partial charge on any atom is 0.216 e. The van der Waals surface area contributed by atoms with Gasteiger partial charge < -0.3 is 5.32 Å². The van der Waals surface area contributed by atoms with Crippen LogP contribution in [0.5, 0.6) is 0 Å². The molecule has 1 aliphatic carbocycles. The fraction of sp³-hybridized carbons (Fsp3) is 1.00. The van der Waals surface area contributed by atoms with Gasteiger partial charge in [-0.3, -0.25) is 0 Å². The maximum absolute atomic E-state index is 12.1. The molecule has 1 saturated heterocycles. The van der Waals surface area contributed by atoms with Crippen LogP contribution < -0.4 is 10.0 Å². The Bertz CT molecular complexity index is 349. The summed E-state index contributed by atoms with van der Waals surface area (Å²) in [7, 11) is -3.11. The van der Waals surface area contributed by atoms with Gasteiger partial charge in [0.15, 0.2) is 0 Å². The Hall–Kier alpha value is -0.130. The van der Waals surface area contributed by atoms with Crippen molar-refractivity contribution in [3.63, 3.8) is 0 Å². The fourth-order valence-electron chi connectivity index (χ4n) is 2.74. The van der Waals surface area contributed by atoms with E-state index >= 15 is 0 Å². The maximum atomic E-state index is 12.1. The summed E-state index contributed by atoms with van der Waals surface area (Å²) >= 11 is 0. The summed E-state index contributed by atoms with van der Waals surface area (Å²) in [6, 6.07) is 0.161. The summed E-state index contributed by atoms with van der Waals surface area (Å²) in [5, 5.41) is 2.89. The zero-order chi connectivity index (χ0) is 12.5. The summed E-state index contributed by atoms with van der Waals surface area (Å²) < 4.78 is 27.1. The minimum absolute atomic E-state index is 0.161. The minimum Gasteiger partial charge on any atom is -0.315 e. The van der Waals surface area contributed by atoms with Gasteiger partial charge in [0.05, 0.1) is 5.25 Å². The second-order valence-electron chi connectivity index (χ2n) is 6.22. The van der Waals surface area contributed by atoms with Crippen molar-refractivity contribution in [3.8, 4) is 0 Å². The van der Waals surface area contributed by atoms with Crippen LogP contribution >= 0.6 is 0 Å². The molecule has 1 aliphatic heterocycles. The van der Waals surface area contributed by atoms with Crippen LogP contribution in [0.1, 0.15) is 46.0 Å². The normalized spacial score (nSPS) is 30.6. The third kappa shape index (κ3) is 3.42. The lowest BCUT2D eigenvalue weighted by Crippen LogP contribution is -2.44. The van der Waals surface area contributed by atoms with Crippen molar-refractivity contribution in [2.75, 3.05) is 13.1 Å². The zero-order valence-corrected chi connectivity index (χ0v) is 11.6. The first kappa shape index (κ1) is 13.3. The van der Waals surface area contributed by atoms with Gasteiger partial charge >= 0.3 is 0 Å². The van der Waals surface area contributed by atoms with E-state index in [-0.39, 0.29) is 11.3 Å². The molecule has 0 aromatic carbocycles. The van der Waals surface area contributed by atoms with E-state index < -0.39 is 10.0 Å². The van der Waals surface area contributed by atoms with E-state index in [1.54, 1.807) is 0 Å². The Balaban J connectivity index is 1.89. The van der Waals surface area contributed by atoms with Crippen LogP contribution in [-0.4, -0.2) is 32.8 Å². The standard InChI is InChI=1S/C12H24N2O2S/c1-12(2)6-3-10(4-7-12)14-17(15,16)11-5-8-13-9-11/h10-11,13-14H,3-9H2,1-2H3. The van der Waals surface area contributed by atoms with Crippen LogP contribution in [0.15, 0.2) is 0 Å². The van der Waals surface area contributed by atoms with Crippen LogP contribution in [0.25, 0.3) is 0 Å². The predicted octanol–water partition coefficient (Wildman–Crippen LogP) is 1.24. The highest BCUT2D eigenvalue weighted by molar-refractivity contribution is 7.90. The van der Waals surface area contributed by atoms with E-state index in [1.165, 1.54) is 0 Å². The molecule has 0 radical (unpaired) electrons. The fourth-order valence-corrected chi connectivity index (χ4v) is 4.40. The van der Waals surface area contributed by atoms with E-state index in [4.69, 9.17) is 0 Å². The molecule has 0 amide bonds. The van der Waals surface area contributed by atoms with Gasteiger partial charge in [-0.2, -0.15) is 0 Å². The first-order valence-corrected chi connectivity index (χ1v) is 8.16. The summed E-state index contributed by atoms with van der Waals surface area (Å²) in [5.74, 6) is 0. The molecular weight excluding hydrogens is 236 g/mol. The second kappa shape index (κ2) is 4.86. The van der Waals surface area contributed by atoms with Crippen LogP contribution in [0.2, 0.25) is 0 Å². The summed E-state index contributed by atoms with van der Waals surface area (Å²) in [6.07, 6.45) is 4.93. The van der Waals surface area contributed by atoms with E-state index in [2.05, 4.69) is 23.9 Å². The summed E-state index contributed by atoms with van der Waals surface area (Å²) in [5.41, 5.74) is 0.386. The molecule has 1 heterocycles. The molecule has 0 bridgehead atoms. The van der Waals surface area contributed by atoms with Gasteiger partial charge in [-0.05, 0) is 44.1 Å². The average Bonchev–Trinajstić information content (AvgIpc) is 2.75. The molecule has 1 saturated carbocycles. The van der Waals surface area contributed by atoms with Gasteiger partial charge in [-0.15, -0.1) is 0 Å². The van der Waals surface area contributed by atoms with Gasteiger partial charge in [-0.1, -0.05) is 13.8 Å². The molecule has 0 aromatic rings. The molecule has 1 unspecified atom stereocenters. The second-order valence-corrected chi connectivity index (χ2v) is 8.21. The number of rotatable bonds is 3. The smallest absolute Gasteiger partial charge is 0.216 e. The molecule has 100 valence electrons. The van der Waals surface area contributed by atoms with E-state index in [1.807, 2.05) is 0 Å². The highest BCUT2D eigenvalue weighted by Crippen LogP contribution is 2.35. The third-order valence-electron chi connectivity index (χ3n) is 4.12. The number of hydrogen-bond acceptors (Lipinski definition) is 3. The molecule has 1 atom stereocenters. The molecule has 0 aromatic heterocycles. The van der Waals surface area contributed by atoms with Crippen molar-refractivity contribution < 1.29 is 8.42 Å². The lowest BCUT2D eigenvalue weighted by Gasteiger charge is -2.34. The molecule has 5 heteroatoms. The number of nitrogens with one attached hydrogen (secondary N) is 2. The van der Waals surface area contributed by atoms with Crippen molar-refractivity contribution in [1.82, 2.24) is 10.0 Å². The average molecular weight is 260 g/mol. The molecule has 2 N–H and O–H groups in total. The van der Waals surface area contributed by atoms with Gasteiger partial charge in [0.1, 0.15) is 0 Å². The van der Waals surface area contributed by atoms with Crippen LogP contribution in [0.4, 0.5) is 0 Å². The van der Waals surface area contributed by atoms with Gasteiger partial charge in [0, 0.05) is 12.6 Å². The lowest BCUT2D eigenvalue weighted by atomic mass is 9.76. The van der Waals surface area contributed by atoms with E-state index in [9.17, 15) is 8.42 Å². The zero-order valence-electron chi connectivity index (χ0n) is 10.8. The summed E-state index contributed by atoms with van der Waals surface area (Å²) in [4.78, 5) is 0. The molecule has 17 heavy (non-hydrogen) atoms.